The van der Waals surface area contributed by atoms with E-state index < -0.39 is 73.0 Å². The molecule has 0 saturated carbocycles. The molecule has 15 aromatic carbocycles. The Morgan fingerprint density at radius 1 is 0.333 bits per heavy atom. The van der Waals surface area contributed by atoms with Crippen LogP contribution in [0.25, 0.3) is 0 Å². The van der Waals surface area contributed by atoms with Gasteiger partial charge in [-0.05, 0) is 257 Å². The van der Waals surface area contributed by atoms with E-state index in [-0.39, 0.29) is 98.4 Å². The molecule has 0 fully saturated rings. The van der Waals surface area contributed by atoms with Gasteiger partial charge in [-0.1, -0.05) is 217 Å². The zero-order chi connectivity index (χ0) is 102. The molecule has 0 aliphatic carbocycles. The molecule has 726 valence electrons. The van der Waals surface area contributed by atoms with Gasteiger partial charge in [0.25, 0.3) is 40.1 Å². The highest BCUT2D eigenvalue weighted by Crippen LogP contribution is 2.35. The van der Waals surface area contributed by atoms with E-state index in [0.29, 0.717) is 64.2 Å². The number of anilines is 7. The van der Waals surface area contributed by atoms with Crippen LogP contribution in [0.3, 0.4) is 0 Å². The van der Waals surface area contributed by atoms with Crippen molar-refractivity contribution in [3.8, 4) is 5.75 Å². The van der Waals surface area contributed by atoms with Gasteiger partial charge in [0.05, 0.1) is 64.8 Å². The van der Waals surface area contributed by atoms with Crippen LogP contribution in [-0.2, 0) is 49.8 Å². The minimum atomic E-state index is -3.97. The number of rotatable bonds is 32. The van der Waals surface area contributed by atoms with Crippen molar-refractivity contribution in [3.63, 3.8) is 0 Å². The van der Waals surface area contributed by atoms with Crippen molar-refractivity contribution >= 4 is 182 Å². The molecule has 0 bridgehead atoms. The van der Waals surface area contributed by atoms with E-state index in [1.807, 2.05) is 59.7 Å². The summed E-state index contributed by atoms with van der Waals surface area (Å²) in [5, 5.41) is 4.95. The maximum absolute atomic E-state index is 13.7. The molecular weight excluding hydrogens is 2000 g/mol. The van der Waals surface area contributed by atoms with Gasteiger partial charge < -0.3 is 19.7 Å². The summed E-state index contributed by atoms with van der Waals surface area (Å²) in [5.41, 5.74) is 7.02. The van der Waals surface area contributed by atoms with E-state index in [9.17, 15) is 70.6 Å². The third-order valence-corrected chi connectivity index (χ3v) is 29.4. The fourth-order valence-corrected chi connectivity index (χ4v) is 20.2. The maximum atomic E-state index is 13.7. The van der Waals surface area contributed by atoms with Gasteiger partial charge in [0, 0.05) is 117 Å². The molecule has 0 amide bonds. The van der Waals surface area contributed by atoms with Crippen LogP contribution < -0.4 is 38.6 Å². The first kappa shape index (κ1) is 108. The first-order valence-corrected chi connectivity index (χ1v) is 52.8. The fourth-order valence-electron chi connectivity index (χ4n) is 13.7. The van der Waals surface area contributed by atoms with Crippen LogP contribution in [-0.4, -0.2) is 99.4 Å². The molecule has 15 rings (SSSR count). The zero-order valence-corrected chi connectivity index (χ0v) is 84.5. The van der Waals surface area contributed by atoms with Gasteiger partial charge >= 0.3 is 0 Å². The van der Waals surface area contributed by atoms with Crippen molar-refractivity contribution in [2.75, 3.05) is 60.6 Å². The monoisotopic (exact) mass is 2090 g/mol. The summed E-state index contributed by atoms with van der Waals surface area (Å²) in [6.07, 6.45) is 0. The van der Waals surface area contributed by atoms with Crippen LogP contribution in [0.2, 0.25) is 25.1 Å². The van der Waals surface area contributed by atoms with E-state index >= 15 is 0 Å². The second-order valence-corrected chi connectivity index (χ2v) is 42.3. The number of carbonyl (C=O) groups excluding carboxylic acids is 5. The first-order valence-electron chi connectivity index (χ1n) is 43.2. The van der Waals surface area contributed by atoms with Gasteiger partial charge in [-0.15, -0.1) is 0 Å². The van der Waals surface area contributed by atoms with Crippen LogP contribution in [0.5, 0.6) is 5.75 Å². The van der Waals surface area contributed by atoms with Crippen molar-refractivity contribution in [2.24, 2.45) is 0 Å². The van der Waals surface area contributed by atoms with Gasteiger partial charge in [-0.3, -0.25) is 42.9 Å². The Bertz CT molecular complexity index is 7650. The van der Waals surface area contributed by atoms with Crippen LogP contribution in [0.4, 0.5) is 48.6 Å². The number of ketones is 5. The number of nitrogens with one attached hydrogen (secondary N) is 6. The van der Waals surface area contributed by atoms with Crippen LogP contribution in [0.15, 0.2) is 376 Å². The summed E-state index contributed by atoms with van der Waals surface area (Å²) < 4.78 is 160. The van der Waals surface area contributed by atoms with E-state index in [1.165, 1.54) is 122 Å². The quantitative estimate of drug-likeness (QED) is 0.0168. The van der Waals surface area contributed by atoms with E-state index in [2.05, 4.69) is 39.7 Å². The van der Waals surface area contributed by atoms with Gasteiger partial charge in [0.15, 0.2) is 28.9 Å². The minimum Gasteiger partial charge on any atom is -0.497 e. The predicted octanol–water partition coefficient (Wildman–Crippen LogP) is 25.2. The van der Waals surface area contributed by atoms with Crippen LogP contribution >= 0.6 is 58.0 Å². The standard InChI is InChI=1S/C23H23ClN2O3S.C22H19Cl2NO3S.C22H21ClN2O2S.C20H15ClFNO3S.C20H16FNO4S/c1-3-26(4-2)19-11-13-20(14-12-19)30(28,29)25-22-15-10-18(24)16-21(22)23(27)17-8-6-5-7-9-17;1-14(2)15-6-9-19(10-7-15)29(27,28)25-21-11-8-18(24)13-20(21)22(26)16-4-3-5-17(23)12-16;1-3-24-18-10-12-19(13-11-18)28(2,27)25-21-14-9-17(23)15-20(21)22(26)16-7-5-4-6-8-16;1-13-5-8-17(9-6-13)27(25,26)23-19-10-7-15(21)12-18(19)20(24)14-3-2-4-16(22)11-14;1-26-16-8-10-17(11-9-16)27(24,25)22-19-12-7-15(21)13-18(19)20(23)14-5-3-2-4-6-14/h5-16,25H,3-4H2,1-2H3;3-14,25H,1-2H3;4-15,24H,2-3H2,1H3,(H,25,27);2-12,23H,1H3;2-13,22H,1H3. The number of benzene rings is 15. The molecule has 0 spiro atoms. The van der Waals surface area contributed by atoms with Crippen molar-refractivity contribution in [3.05, 3.63) is 455 Å². The van der Waals surface area contributed by atoms with Gasteiger partial charge in [0.1, 0.15) is 17.4 Å². The van der Waals surface area contributed by atoms with Crippen molar-refractivity contribution in [2.45, 2.75) is 71.9 Å². The summed E-state index contributed by atoms with van der Waals surface area (Å²) in [7, 11) is -17.0. The highest BCUT2D eigenvalue weighted by Gasteiger charge is 2.28. The molecule has 6 N–H and O–H groups in total. The number of aryl methyl sites for hydroxylation is 1. The highest BCUT2D eigenvalue weighted by molar-refractivity contribution is 8.01. The molecule has 15 aromatic rings. The molecule has 0 aliphatic heterocycles. The first-order chi connectivity index (χ1) is 67.1. The number of carbonyl (C=O) groups is 5. The van der Waals surface area contributed by atoms with Crippen molar-refractivity contribution in [1.29, 1.82) is 0 Å². The lowest BCUT2D eigenvalue weighted by molar-refractivity contribution is 0.103. The molecule has 0 radical (unpaired) electrons. The molecule has 0 aromatic heterocycles. The number of halogens is 7. The van der Waals surface area contributed by atoms with Gasteiger partial charge in [0.2, 0.25) is 0 Å². The third kappa shape index (κ3) is 29.4. The number of methoxy groups -OCH3 is 1. The number of ether oxygens (including phenoxy) is 1. The largest absolute Gasteiger partial charge is 0.497 e. The summed E-state index contributed by atoms with van der Waals surface area (Å²) >= 11 is 30.2. The van der Waals surface area contributed by atoms with Crippen molar-refractivity contribution in [1.82, 2.24) is 0 Å². The second kappa shape index (κ2) is 48.9. The highest BCUT2D eigenvalue weighted by atomic mass is 35.5. The Morgan fingerprint density at radius 2 is 0.638 bits per heavy atom. The smallest absolute Gasteiger partial charge is 0.261 e. The Kier molecular flexibility index (Phi) is 37.3. The average molecular weight is 2090 g/mol. The molecule has 34 heteroatoms. The van der Waals surface area contributed by atoms with Crippen LogP contribution in [0, 0.1) is 18.6 Å². The van der Waals surface area contributed by atoms with Crippen molar-refractivity contribution < 1.29 is 75.4 Å². The molecular formula is C107H94Cl5F2N7O15S5. The molecule has 1 atom stereocenters. The summed E-state index contributed by atoms with van der Waals surface area (Å²) in [5.74, 6) is 1.53. The SMILES string of the molecule is C=S(=O)(Nc1ccc(Cl)cc1C(=O)c1ccccc1)c1ccc(NCC)cc1.CC(C)c1ccc(S(=O)(=O)Nc2ccc(Cl)cc2C(=O)c2cccc(Cl)c2)cc1.CCN(CC)c1ccc(S(=O)(=O)Nc2ccc(Cl)cc2C(=O)c2ccccc2)cc1.COc1ccc(S(=O)(=O)Nc2ccc(F)cc2C(=O)c2ccccc2)cc1.Cc1ccc(S(=O)(=O)Nc2ccc(Cl)cc2C(=O)c2cccc(F)c2)cc1. The minimum absolute atomic E-state index is 0.000992. The Morgan fingerprint density at radius 3 is 0.993 bits per heavy atom. The summed E-state index contributed by atoms with van der Waals surface area (Å²) in [6.45, 7) is 14.5. The zero-order valence-electron chi connectivity index (χ0n) is 76.7. The van der Waals surface area contributed by atoms with E-state index in [0.717, 1.165) is 60.3 Å². The Labute approximate surface area is 844 Å². The predicted molar refractivity (Wildman–Crippen MR) is 562 cm³/mol. The lowest BCUT2D eigenvalue weighted by Crippen LogP contribution is -2.22. The summed E-state index contributed by atoms with van der Waals surface area (Å²) in [6, 6.07) is 91.4. The molecule has 0 aliphatic rings. The Hall–Kier alpha value is -13.8. The molecule has 141 heavy (non-hydrogen) atoms. The molecule has 0 heterocycles. The molecule has 1 unspecified atom stereocenters. The normalized spacial score (nSPS) is 11.5. The van der Waals surface area contributed by atoms with E-state index in [4.69, 9.17) is 62.7 Å². The number of hydrogen-bond acceptors (Lipinski definition) is 17. The number of nitrogens with zero attached hydrogens (tertiary/aromatic N) is 1. The number of hydrogen-bond donors (Lipinski definition) is 6. The lowest BCUT2D eigenvalue weighted by atomic mass is 10.0. The average Bonchev–Trinajstić information content (AvgIpc) is 0.821. The number of sulfonamides is 4. The van der Waals surface area contributed by atoms with E-state index in [1.54, 1.807) is 200 Å². The van der Waals surface area contributed by atoms with Gasteiger partial charge in [-0.2, -0.15) is 0 Å². The molecule has 0 saturated heterocycles. The lowest BCUT2D eigenvalue weighted by Gasteiger charge is -2.21. The Balaban J connectivity index is 0.000000169. The summed E-state index contributed by atoms with van der Waals surface area (Å²) in [4.78, 5) is 67.3. The maximum Gasteiger partial charge on any atom is 0.261 e. The van der Waals surface area contributed by atoms with Crippen LogP contribution in [0.1, 0.15) is 131 Å². The third-order valence-electron chi connectivity index (χ3n) is 21.1. The topological polar surface area (TPSA) is 324 Å². The molecule has 22 nitrogen and oxygen atoms in total. The second-order valence-electron chi connectivity index (χ2n) is 31.3. The van der Waals surface area contributed by atoms with Gasteiger partial charge in [-0.25, -0.2) is 46.7 Å². The fraction of sp³-hybridized carbons (Fsp3) is 0.103.